The van der Waals surface area contributed by atoms with Gasteiger partial charge in [-0.3, -0.25) is 0 Å². The van der Waals surface area contributed by atoms with Crippen LogP contribution >= 0.6 is 0 Å². The number of furan rings is 2. The zero-order valence-corrected chi connectivity index (χ0v) is 27.2. The van der Waals surface area contributed by atoms with Gasteiger partial charge in [-0.25, -0.2) is 0 Å². The van der Waals surface area contributed by atoms with Gasteiger partial charge in [0.25, 0.3) is 0 Å². The summed E-state index contributed by atoms with van der Waals surface area (Å²) >= 11 is 0. The van der Waals surface area contributed by atoms with Crippen LogP contribution in [0.4, 0.5) is 0 Å². The molecular weight excluding hydrogens is 609 g/mol. The van der Waals surface area contributed by atoms with Gasteiger partial charge in [-0.1, -0.05) is 115 Å². The predicted molar refractivity (Wildman–Crippen MR) is 210 cm³/mol. The van der Waals surface area contributed by atoms with E-state index in [-0.39, 0.29) is 0 Å². The average molecular weight is 639 g/mol. The predicted octanol–water partition coefficient (Wildman–Crippen LogP) is 13.8. The fourth-order valence-corrected chi connectivity index (χ4v) is 8.53. The Morgan fingerprint density at radius 2 is 0.920 bits per heavy atom. The van der Waals surface area contributed by atoms with Crippen LogP contribution in [-0.2, 0) is 6.42 Å². The van der Waals surface area contributed by atoms with Crippen molar-refractivity contribution >= 4 is 71.3 Å². The molecule has 0 saturated carbocycles. The molecule has 0 spiro atoms. The molecule has 0 unspecified atom stereocenters. The van der Waals surface area contributed by atoms with E-state index in [1.54, 1.807) is 0 Å². The summed E-state index contributed by atoms with van der Waals surface area (Å²) in [7, 11) is 0. The molecule has 0 aliphatic heterocycles. The maximum Gasteiger partial charge on any atom is 0.136 e. The summed E-state index contributed by atoms with van der Waals surface area (Å²) in [5, 5.41) is 10.9. The fraction of sp³-hybridized carbons (Fsp3) is 0.0417. The third kappa shape index (κ3) is 3.96. The summed E-state index contributed by atoms with van der Waals surface area (Å²) in [6.45, 7) is 0. The largest absolute Gasteiger partial charge is 0.456 e. The number of aryl methyl sites for hydroxylation is 1. The van der Waals surface area contributed by atoms with Crippen LogP contribution in [0, 0.1) is 0 Å². The molecule has 0 saturated heterocycles. The van der Waals surface area contributed by atoms with Gasteiger partial charge in [0.15, 0.2) is 0 Å². The second-order valence-corrected chi connectivity index (χ2v) is 13.5. The van der Waals surface area contributed by atoms with E-state index in [2.05, 4.69) is 158 Å². The normalized spacial score (nSPS) is 13.0. The van der Waals surface area contributed by atoms with Crippen molar-refractivity contribution in [1.82, 2.24) is 0 Å². The van der Waals surface area contributed by atoms with Crippen LogP contribution in [0.5, 0.6) is 0 Å². The maximum atomic E-state index is 6.66. The number of fused-ring (bicyclic) bond motifs is 11. The second-order valence-electron chi connectivity index (χ2n) is 13.5. The zero-order chi connectivity index (χ0) is 32.8. The van der Waals surface area contributed by atoms with E-state index in [0.29, 0.717) is 0 Å². The molecule has 11 rings (SSSR count). The monoisotopic (exact) mass is 638 g/mol. The van der Waals surface area contributed by atoms with Crippen LogP contribution in [0.15, 0.2) is 161 Å². The molecule has 0 atom stereocenters. The molecule has 234 valence electrons. The van der Waals surface area contributed by atoms with Gasteiger partial charge in [0, 0.05) is 21.7 Å². The lowest BCUT2D eigenvalue weighted by atomic mass is 9.85. The Bertz CT molecular complexity index is 2950. The van der Waals surface area contributed by atoms with Crippen molar-refractivity contribution in [3.05, 3.63) is 163 Å². The Morgan fingerprint density at radius 3 is 1.62 bits per heavy atom. The van der Waals surface area contributed by atoms with E-state index in [9.17, 15) is 0 Å². The first-order valence-electron chi connectivity index (χ1n) is 17.4. The minimum atomic E-state index is 0.899. The summed E-state index contributed by atoms with van der Waals surface area (Å²) in [5.41, 5.74) is 11.4. The number of allylic oxidation sites excluding steroid dienone is 1. The van der Waals surface area contributed by atoms with Crippen LogP contribution in [0.2, 0.25) is 0 Å². The van der Waals surface area contributed by atoms with Crippen molar-refractivity contribution in [2.45, 2.75) is 12.8 Å². The number of hydrogen-bond acceptors (Lipinski definition) is 2. The molecule has 50 heavy (non-hydrogen) atoms. The number of rotatable bonds is 3. The highest BCUT2D eigenvalue weighted by Gasteiger charge is 2.21. The van der Waals surface area contributed by atoms with E-state index >= 15 is 0 Å². The van der Waals surface area contributed by atoms with Crippen LogP contribution in [0.3, 0.4) is 0 Å². The quantitative estimate of drug-likeness (QED) is 0.180. The topological polar surface area (TPSA) is 26.3 Å². The summed E-state index contributed by atoms with van der Waals surface area (Å²) < 4.78 is 12.9. The van der Waals surface area contributed by atoms with E-state index in [4.69, 9.17) is 8.83 Å². The van der Waals surface area contributed by atoms with Crippen LogP contribution in [0.1, 0.15) is 17.7 Å². The van der Waals surface area contributed by atoms with Gasteiger partial charge in [-0.05, 0) is 121 Å². The summed E-state index contributed by atoms with van der Waals surface area (Å²) in [6.07, 6.45) is 6.38. The Morgan fingerprint density at radius 1 is 0.380 bits per heavy atom. The van der Waals surface area contributed by atoms with Crippen LogP contribution in [0.25, 0.3) is 105 Å². The summed E-state index contributed by atoms with van der Waals surface area (Å²) in [5.74, 6) is 0.996. The van der Waals surface area contributed by atoms with Gasteiger partial charge in [-0.15, -0.1) is 0 Å². The van der Waals surface area contributed by atoms with Gasteiger partial charge in [0.05, 0.1) is 0 Å². The fourth-order valence-electron chi connectivity index (χ4n) is 8.53. The third-order valence-corrected chi connectivity index (χ3v) is 10.7. The first-order valence-corrected chi connectivity index (χ1v) is 17.4. The lowest BCUT2D eigenvalue weighted by Crippen LogP contribution is -1.91. The molecule has 2 heterocycles. The van der Waals surface area contributed by atoms with Crippen molar-refractivity contribution in [1.29, 1.82) is 0 Å². The Labute approximate surface area is 288 Å². The van der Waals surface area contributed by atoms with Gasteiger partial charge in [0.2, 0.25) is 0 Å². The number of hydrogen-bond donors (Lipinski definition) is 0. The first-order chi connectivity index (χ1) is 24.8. The molecule has 2 heteroatoms. The third-order valence-electron chi connectivity index (χ3n) is 10.7. The van der Waals surface area contributed by atoms with Gasteiger partial charge in [0.1, 0.15) is 22.5 Å². The number of benzene rings is 8. The molecule has 0 N–H and O–H groups in total. The highest BCUT2D eigenvalue weighted by Crippen LogP contribution is 2.46. The van der Waals surface area contributed by atoms with Crippen molar-refractivity contribution in [3.63, 3.8) is 0 Å². The molecule has 0 bridgehead atoms. The van der Waals surface area contributed by atoms with E-state index in [0.717, 1.165) is 51.7 Å². The van der Waals surface area contributed by atoms with Crippen molar-refractivity contribution in [2.24, 2.45) is 0 Å². The first kappa shape index (κ1) is 27.6. The standard InChI is InChI=1S/C48H30O2/c1-2-10-29(11-3-1)30-18-20-31(21-19-30)45-33-12-4-6-14-35(33)46(36-15-7-5-13-34(36)45)32-22-23-40-44(28-32)50-43-27-25-37-38(48(40)43)24-26-42-47(37)39-16-8-9-17-41(39)49-42/h1-7,9-15,17-28H,8,16H2. The van der Waals surface area contributed by atoms with E-state index in [1.807, 2.05) is 0 Å². The smallest absolute Gasteiger partial charge is 0.136 e. The molecular formula is C48H30O2. The molecule has 0 radical (unpaired) electrons. The van der Waals surface area contributed by atoms with Crippen molar-refractivity contribution < 1.29 is 8.83 Å². The van der Waals surface area contributed by atoms with Crippen molar-refractivity contribution in [3.8, 4) is 33.4 Å². The summed E-state index contributed by atoms with van der Waals surface area (Å²) in [4.78, 5) is 0. The minimum absolute atomic E-state index is 0.899. The molecule has 0 fully saturated rings. The summed E-state index contributed by atoms with van der Waals surface area (Å²) in [6, 6.07) is 52.7. The average Bonchev–Trinajstić information content (AvgIpc) is 3.75. The van der Waals surface area contributed by atoms with Crippen LogP contribution < -0.4 is 0 Å². The lowest BCUT2D eigenvalue weighted by Gasteiger charge is -2.18. The molecule has 1 aliphatic rings. The maximum absolute atomic E-state index is 6.66. The molecule has 2 aromatic heterocycles. The van der Waals surface area contributed by atoms with Gasteiger partial charge in [-0.2, -0.15) is 0 Å². The van der Waals surface area contributed by atoms with E-state index < -0.39 is 0 Å². The minimum Gasteiger partial charge on any atom is -0.456 e. The highest BCUT2D eigenvalue weighted by atomic mass is 16.3. The molecule has 10 aromatic rings. The van der Waals surface area contributed by atoms with Crippen LogP contribution in [-0.4, -0.2) is 0 Å². The lowest BCUT2D eigenvalue weighted by molar-refractivity contribution is 0.595. The second kappa shape index (κ2) is 10.6. The zero-order valence-electron chi connectivity index (χ0n) is 27.2. The van der Waals surface area contributed by atoms with E-state index in [1.165, 1.54) is 71.1 Å². The Balaban J connectivity index is 1.12. The SMILES string of the molecule is C1=Cc2oc3ccc4c(ccc5oc6cc(-c7c8ccccc8c(-c8ccc(-c9ccccc9)cc8)c8ccccc78)ccc6c54)c3c2CC1. The highest BCUT2D eigenvalue weighted by molar-refractivity contribution is 6.25. The Hall–Kier alpha value is -6.38. The molecule has 1 aliphatic carbocycles. The Kier molecular flexibility index (Phi) is 5.82. The van der Waals surface area contributed by atoms with Gasteiger partial charge >= 0.3 is 0 Å². The molecule has 0 amide bonds. The van der Waals surface area contributed by atoms with Gasteiger partial charge < -0.3 is 8.83 Å². The molecule has 2 nitrogen and oxygen atoms in total. The molecule has 8 aromatic carbocycles. The van der Waals surface area contributed by atoms with Crippen molar-refractivity contribution in [2.75, 3.05) is 0 Å².